The highest BCUT2D eigenvalue weighted by atomic mass is 16.4. The molecule has 110 valence electrons. The molecule has 0 bridgehead atoms. The van der Waals surface area contributed by atoms with E-state index < -0.39 is 16.9 Å². The van der Waals surface area contributed by atoms with Gasteiger partial charge in [-0.15, -0.1) is 0 Å². The van der Waals surface area contributed by atoms with Crippen LogP contribution in [-0.2, 0) is 9.59 Å². The monoisotopic (exact) mass is 270 g/mol. The number of carbonyl (C=O) groups excluding carboxylic acids is 1. The van der Waals surface area contributed by atoms with Crippen LogP contribution in [0, 0.1) is 5.41 Å². The van der Waals surface area contributed by atoms with Gasteiger partial charge in [0.2, 0.25) is 5.91 Å². The Hall–Kier alpha value is -1.10. The molecule has 0 aromatic heterocycles. The maximum absolute atomic E-state index is 12.3. The molecule has 0 spiro atoms. The molecule has 1 unspecified atom stereocenters. The van der Waals surface area contributed by atoms with E-state index in [2.05, 4.69) is 0 Å². The maximum atomic E-state index is 12.3. The van der Waals surface area contributed by atoms with E-state index in [1.165, 1.54) is 0 Å². The van der Waals surface area contributed by atoms with Gasteiger partial charge in [-0.05, 0) is 32.6 Å². The molecule has 0 aliphatic carbocycles. The van der Waals surface area contributed by atoms with Crippen LogP contribution in [0.25, 0.3) is 0 Å². The summed E-state index contributed by atoms with van der Waals surface area (Å²) in [7, 11) is 0. The average molecular weight is 270 g/mol. The van der Waals surface area contributed by atoms with Crippen LogP contribution in [0.15, 0.2) is 0 Å². The molecule has 0 aromatic rings. The van der Waals surface area contributed by atoms with E-state index >= 15 is 0 Å². The van der Waals surface area contributed by atoms with Crippen molar-refractivity contribution in [1.82, 2.24) is 4.90 Å². The summed E-state index contributed by atoms with van der Waals surface area (Å²) >= 11 is 0. The molecule has 3 N–H and O–H groups in total. The fourth-order valence-corrected chi connectivity index (χ4v) is 2.84. The molecule has 5 heteroatoms. The Labute approximate surface area is 115 Å². The number of carboxylic acid groups (broad SMARTS) is 1. The molecular weight excluding hydrogens is 244 g/mol. The van der Waals surface area contributed by atoms with Crippen molar-refractivity contribution in [3.8, 4) is 0 Å². The van der Waals surface area contributed by atoms with Crippen LogP contribution < -0.4 is 5.73 Å². The zero-order chi connectivity index (χ0) is 14.7. The summed E-state index contributed by atoms with van der Waals surface area (Å²) in [6, 6.07) is 0. The Morgan fingerprint density at radius 2 is 1.84 bits per heavy atom. The number of likely N-dealkylation sites (tertiary alicyclic amines) is 1. The highest BCUT2D eigenvalue weighted by molar-refractivity contribution is 5.86. The molecule has 1 heterocycles. The second kappa shape index (κ2) is 5.90. The summed E-state index contributed by atoms with van der Waals surface area (Å²) < 4.78 is 0. The smallest absolute Gasteiger partial charge is 0.309 e. The number of amides is 1. The third kappa shape index (κ3) is 3.26. The number of carboxylic acids is 1. The van der Waals surface area contributed by atoms with Gasteiger partial charge in [-0.1, -0.05) is 20.3 Å². The maximum Gasteiger partial charge on any atom is 0.309 e. The second-order valence-corrected chi connectivity index (χ2v) is 5.90. The molecule has 5 nitrogen and oxygen atoms in total. The van der Waals surface area contributed by atoms with E-state index in [9.17, 15) is 14.7 Å². The average Bonchev–Trinajstić information content (AvgIpc) is 2.37. The molecule has 1 fully saturated rings. The number of rotatable bonds is 5. The summed E-state index contributed by atoms with van der Waals surface area (Å²) in [5, 5.41) is 9.33. The van der Waals surface area contributed by atoms with Gasteiger partial charge in [0.1, 0.15) is 0 Å². The predicted octanol–water partition coefficient (Wildman–Crippen LogP) is 1.61. The number of carbonyl (C=O) groups is 2. The summed E-state index contributed by atoms with van der Waals surface area (Å²) in [6.45, 7) is 6.65. The highest BCUT2D eigenvalue weighted by Gasteiger charge is 2.42. The lowest BCUT2D eigenvalue weighted by atomic mass is 9.76. The number of hydrogen-bond donors (Lipinski definition) is 2. The van der Waals surface area contributed by atoms with Gasteiger partial charge in [0.15, 0.2) is 0 Å². The van der Waals surface area contributed by atoms with Gasteiger partial charge in [-0.2, -0.15) is 0 Å². The summed E-state index contributed by atoms with van der Waals surface area (Å²) in [5.41, 5.74) is 4.56. The van der Waals surface area contributed by atoms with Crippen molar-refractivity contribution in [2.45, 2.75) is 58.4 Å². The van der Waals surface area contributed by atoms with Crippen LogP contribution in [0.2, 0.25) is 0 Å². The Balaban J connectivity index is 2.68. The van der Waals surface area contributed by atoms with E-state index in [1.807, 2.05) is 13.8 Å². The quantitative estimate of drug-likeness (QED) is 0.795. The molecule has 19 heavy (non-hydrogen) atoms. The molecule has 1 aliphatic heterocycles. The van der Waals surface area contributed by atoms with Gasteiger partial charge >= 0.3 is 5.97 Å². The lowest BCUT2D eigenvalue weighted by Gasteiger charge is -2.41. The molecule has 1 saturated heterocycles. The Morgan fingerprint density at radius 1 is 1.32 bits per heavy atom. The van der Waals surface area contributed by atoms with Crippen molar-refractivity contribution in [3.63, 3.8) is 0 Å². The van der Waals surface area contributed by atoms with Crippen molar-refractivity contribution in [2.24, 2.45) is 11.1 Å². The number of piperidine rings is 1. The lowest BCUT2D eigenvalue weighted by molar-refractivity contribution is -0.155. The first-order chi connectivity index (χ1) is 8.79. The molecule has 1 rings (SSSR count). The zero-order valence-electron chi connectivity index (χ0n) is 12.2. The van der Waals surface area contributed by atoms with Crippen molar-refractivity contribution in [2.75, 3.05) is 13.1 Å². The molecule has 0 radical (unpaired) electrons. The van der Waals surface area contributed by atoms with Crippen molar-refractivity contribution >= 4 is 11.9 Å². The van der Waals surface area contributed by atoms with Crippen LogP contribution in [0.3, 0.4) is 0 Å². The van der Waals surface area contributed by atoms with Crippen molar-refractivity contribution in [3.05, 3.63) is 0 Å². The largest absolute Gasteiger partial charge is 0.481 e. The number of nitrogens with zero attached hydrogens (tertiary/aromatic N) is 1. The molecular formula is C14H26N2O3. The first-order valence-corrected chi connectivity index (χ1v) is 7.11. The van der Waals surface area contributed by atoms with Crippen molar-refractivity contribution < 1.29 is 14.7 Å². The lowest BCUT2D eigenvalue weighted by Crippen LogP contribution is -2.56. The van der Waals surface area contributed by atoms with E-state index in [4.69, 9.17) is 5.73 Å². The molecule has 1 amide bonds. The summed E-state index contributed by atoms with van der Waals surface area (Å²) in [5.74, 6) is -0.796. The van der Waals surface area contributed by atoms with E-state index in [-0.39, 0.29) is 5.91 Å². The van der Waals surface area contributed by atoms with Crippen LogP contribution in [0.1, 0.15) is 52.9 Å². The SMILES string of the molecule is CCCC(C)(N)C(=O)N1CCC(CC)(C(=O)O)CC1. The minimum absolute atomic E-state index is 0.0514. The van der Waals surface area contributed by atoms with Gasteiger partial charge in [-0.3, -0.25) is 9.59 Å². The molecule has 0 saturated carbocycles. The van der Waals surface area contributed by atoms with E-state index in [1.54, 1.807) is 11.8 Å². The highest BCUT2D eigenvalue weighted by Crippen LogP contribution is 2.35. The van der Waals surface area contributed by atoms with E-state index in [0.29, 0.717) is 38.8 Å². The topological polar surface area (TPSA) is 83.6 Å². The fraction of sp³-hybridized carbons (Fsp3) is 0.857. The number of hydrogen-bond acceptors (Lipinski definition) is 3. The van der Waals surface area contributed by atoms with Gasteiger partial charge in [0.05, 0.1) is 11.0 Å². The minimum Gasteiger partial charge on any atom is -0.481 e. The van der Waals surface area contributed by atoms with Crippen LogP contribution in [-0.4, -0.2) is 40.5 Å². The zero-order valence-corrected chi connectivity index (χ0v) is 12.2. The van der Waals surface area contributed by atoms with Gasteiger partial charge < -0.3 is 15.7 Å². The second-order valence-electron chi connectivity index (χ2n) is 5.90. The standard InChI is InChI=1S/C14H26N2O3/c1-4-6-13(3,15)11(17)16-9-7-14(5-2,8-10-16)12(18)19/h4-10,15H2,1-3H3,(H,18,19). The van der Waals surface area contributed by atoms with Gasteiger partial charge in [0.25, 0.3) is 0 Å². The fourth-order valence-electron chi connectivity index (χ4n) is 2.84. The molecule has 1 aliphatic rings. The molecule has 1 atom stereocenters. The van der Waals surface area contributed by atoms with Gasteiger partial charge in [-0.25, -0.2) is 0 Å². The number of aliphatic carboxylic acids is 1. The Morgan fingerprint density at radius 3 is 2.21 bits per heavy atom. The van der Waals surface area contributed by atoms with Gasteiger partial charge in [0, 0.05) is 13.1 Å². The third-order valence-corrected chi connectivity index (χ3v) is 4.40. The van der Waals surface area contributed by atoms with Crippen LogP contribution >= 0.6 is 0 Å². The summed E-state index contributed by atoms with van der Waals surface area (Å²) in [4.78, 5) is 25.4. The predicted molar refractivity (Wildman–Crippen MR) is 73.7 cm³/mol. The van der Waals surface area contributed by atoms with Crippen molar-refractivity contribution in [1.29, 1.82) is 0 Å². The minimum atomic E-state index is -0.829. The van der Waals surface area contributed by atoms with Crippen LogP contribution in [0.4, 0.5) is 0 Å². The first-order valence-electron chi connectivity index (χ1n) is 7.11. The van der Waals surface area contributed by atoms with Crippen LogP contribution in [0.5, 0.6) is 0 Å². The Bertz CT molecular complexity index is 345. The summed E-state index contributed by atoms with van der Waals surface area (Å²) in [6.07, 6.45) is 3.17. The van der Waals surface area contributed by atoms with E-state index in [0.717, 1.165) is 6.42 Å². The molecule has 0 aromatic carbocycles. The third-order valence-electron chi connectivity index (χ3n) is 4.40. The number of nitrogens with two attached hydrogens (primary N) is 1. The first kappa shape index (κ1) is 16.0. The Kier molecular flexibility index (Phi) is 4.96. The normalized spacial score (nSPS) is 21.8.